The lowest BCUT2D eigenvalue weighted by Gasteiger charge is -2.14. The molecule has 0 aliphatic heterocycles. The van der Waals surface area contributed by atoms with Gasteiger partial charge in [-0.1, -0.05) is 12.1 Å². The predicted molar refractivity (Wildman–Crippen MR) is 114 cm³/mol. The number of imidazole rings is 1. The van der Waals surface area contributed by atoms with Crippen molar-refractivity contribution in [3.8, 4) is 17.0 Å². The number of fused-ring (bicyclic) bond motifs is 1. The number of hydrogen-bond acceptors (Lipinski definition) is 4. The molecule has 32 heavy (non-hydrogen) atoms. The predicted octanol–water partition coefficient (Wildman–Crippen LogP) is 5.14. The van der Waals surface area contributed by atoms with Gasteiger partial charge in [0.1, 0.15) is 11.4 Å². The van der Waals surface area contributed by atoms with Crippen molar-refractivity contribution in [3.05, 3.63) is 78.1 Å². The Morgan fingerprint density at radius 2 is 1.84 bits per heavy atom. The maximum absolute atomic E-state index is 13.0. The molecule has 1 N–H and O–H groups in total. The van der Waals surface area contributed by atoms with Gasteiger partial charge < -0.3 is 9.14 Å². The lowest BCUT2D eigenvalue weighted by atomic mass is 10.1. The van der Waals surface area contributed by atoms with E-state index < -0.39 is 26.7 Å². The van der Waals surface area contributed by atoms with E-state index in [0.29, 0.717) is 17.3 Å². The maximum Gasteiger partial charge on any atom is 0.416 e. The summed E-state index contributed by atoms with van der Waals surface area (Å²) in [5.41, 5.74) is 1.96. The Kier molecular flexibility index (Phi) is 5.33. The Morgan fingerprint density at radius 1 is 1.06 bits per heavy atom. The average Bonchev–Trinajstić information content (AvgIpc) is 3.19. The highest BCUT2D eigenvalue weighted by molar-refractivity contribution is 7.92. The largest absolute Gasteiger partial charge is 0.495 e. The van der Waals surface area contributed by atoms with Gasteiger partial charge in [0.25, 0.3) is 10.0 Å². The average molecular weight is 461 g/mol. The van der Waals surface area contributed by atoms with Gasteiger partial charge in [0.05, 0.1) is 29.0 Å². The van der Waals surface area contributed by atoms with Crippen molar-refractivity contribution in [2.24, 2.45) is 0 Å². The maximum atomic E-state index is 13.0. The monoisotopic (exact) mass is 461 g/mol. The summed E-state index contributed by atoms with van der Waals surface area (Å²) >= 11 is 0. The van der Waals surface area contributed by atoms with Crippen LogP contribution < -0.4 is 9.46 Å². The standard InChI is InChI=1S/C22H18F3N3O3S/c1-14-5-4-10-28-13-19(26-21(14)28)15-8-9-20(31-2)18(11-15)27-32(29,30)17-7-3-6-16(12-17)22(23,24)25/h3-13,27H,1-2H3. The molecule has 0 aliphatic carbocycles. The summed E-state index contributed by atoms with van der Waals surface area (Å²) in [6.45, 7) is 1.93. The van der Waals surface area contributed by atoms with Crippen LogP contribution in [0.4, 0.5) is 18.9 Å². The molecule has 2 heterocycles. The molecule has 0 atom stereocenters. The molecule has 0 unspecified atom stereocenters. The van der Waals surface area contributed by atoms with Crippen LogP contribution in [-0.4, -0.2) is 24.9 Å². The van der Waals surface area contributed by atoms with Gasteiger partial charge in [-0.25, -0.2) is 13.4 Å². The summed E-state index contributed by atoms with van der Waals surface area (Å²) in [5.74, 6) is 0.212. The van der Waals surface area contributed by atoms with Crippen molar-refractivity contribution in [2.45, 2.75) is 18.0 Å². The molecular weight excluding hydrogens is 443 g/mol. The summed E-state index contributed by atoms with van der Waals surface area (Å²) in [6, 6.07) is 12.2. The van der Waals surface area contributed by atoms with Crippen molar-refractivity contribution in [1.29, 1.82) is 0 Å². The summed E-state index contributed by atoms with van der Waals surface area (Å²) in [6.07, 6.45) is -1.01. The minimum atomic E-state index is -4.66. The Labute approximate surface area is 182 Å². The van der Waals surface area contributed by atoms with Gasteiger partial charge in [-0.2, -0.15) is 13.2 Å². The van der Waals surface area contributed by atoms with Crippen LogP contribution in [0.3, 0.4) is 0 Å². The lowest BCUT2D eigenvalue weighted by molar-refractivity contribution is -0.137. The number of aryl methyl sites for hydroxylation is 1. The van der Waals surface area contributed by atoms with E-state index in [-0.39, 0.29) is 11.4 Å². The SMILES string of the molecule is COc1ccc(-c2cn3cccc(C)c3n2)cc1NS(=O)(=O)c1cccc(C(F)(F)F)c1. The molecule has 4 aromatic rings. The zero-order valence-corrected chi connectivity index (χ0v) is 17.8. The molecule has 0 radical (unpaired) electrons. The molecule has 0 bridgehead atoms. The minimum Gasteiger partial charge on any atom is -0.495 e. The number of anilines is 1. The van der Waals surface area contributed by atoms with Crippen LogP contribution in [0.25, 0.3) is 16.9 Å². The first-order valence-corrected chi connectivity index (χ1v) is 10.9. The molecule has 0 amide bonds. The van der Waals surface area contributed by atoms with Gasteiger partial charge in [-0.3, -0.25) is 4.72 Å². The van der Waals surface area contributed by atoms with E-state index in [9.17, 15) is 21.6 Å². The second kappa shape index (κ2) is 7.86. The highest BCUT2D eigenvalue weighted by atomic mass is 32.2. The smallest absolute Gasteiger partial charge is 0.416 e. The van der Waals surface area contributed by atoms with E-state index in [0.717, 1.165) is 29.4 Å². The molecule has 0 aliphatic rings. The fourth-order valence-corrected chi connectivity index (χ4v) is 4.39. The van der Waals surface area contributed by atoms with Gasteiger partial charge in [0, 0.05) is 18.0 Å². The number of benzene rings is 2. The molecule has 0 spiro atoms. The number of ether oxygens (including phenoxy) is 1. The Morgan fingerprint density at radius 3 is 2.53 bits per heavy atom. The van der Waals surface area contributed by atoms with Crippen LogP contribution >= 0.6 is 0 Å². The molecule has 2 aromatic carbocycles. The summed E-state index contributed by atoms with van der Waals surface area (Å²) in [7, 11) is -2.95. The molecule has 0 fully saturated rings. The normalized spacial score (nSPS) is 12.2. The zero-order valence-electron chi connectivity index (χ0n) is 17.0. The van der Waals surface area contributed by atoms with Crippen molar-refractivity contribution in [2.75, 3.05) is 11.8 Å². The molecule has 0 saturated carbocycles. The number of nitrogens with one attached hydrogen (secondary N) is 1. The fraction of sp³-hybridized carbons (Fsp3) is 0.136. The van der Waals surface area contributed by atoms with E-state index >= 15 is 0 Å². The van der Waals surface area contributed by atoms with E-state index in [1.165, 1.54) is 13.2 Å². The molecule has 6 nitrogen and oxygen atoms in total. The summed E-state index contributed by atoms with van der Waals surface area (Å²) in [5, 5.41) is 0. The number of nitrogens with zero attached hydrogens (tertiary/aromatic N) is 2. The van der Waals surface area contributed by atoms with E-state index in [1.54, 1.807) is 18.3 Å². The molecular formula is C22H18F3N3O3S. The van der Waals surface area contributed by atoms with Crippen LogP contribution in [0.15, 0.2) is 71.9 Å². The van der Waals surface area contributed by atoms with Gasteiger partial charge in [-0.15, -0.1) is 0 Å². The molecule has 2 aromatic heterocycles. The number of pyridine rings is 1. The van der Waals surface area contributed by atoms with Crippen molar-refractivity contribution >= 4 is 21.4 Å². The number of aromatic nitrogens is 2. The topological polar surface area (TPSA) is 72.7 Å². The number of alkyl halides is 3. The zero-order chi connectivity index (χ0) is 23.1. The second-order valence-electron chi connectivity index (χ2n) is 7.09. The van der Waals surface area contributed by atoms with E-state index in [4.69, 9.17) is 4.74 Å². The van der Waals surface area contributed by atoms with Crippen LogP contribution in [0.2, 0.25) is 0 Å². The Bertz CT molecular complexity index is 1410. The highest BCUT2D eigenvalue weighted by Crippen LogP contribution is 2.34. The summed E-state index contributed by atoms with van der Waals surface area (Å²) in [4.78, 5) is 4.08. The van der Waals surface area contributed by atoms with Gasteiger partial charge in [0.2, 0.25) is 0 Å². The van der Waals surface area contributed by atoms with Gasteiger partial charge in [0.15, 0.2) is 0 Å². The Balaban J connectivity index is 1.74. The highest BCUT2D eigenvalue weighted by Gasteiger charge is 2.31. The second-order valence-corrected chi connectivity index (χ2v) is 8.78. The van der Waals surface area contributed by atoms with Crippen molar-refractivity contribution in [1.82, 2.24) is 9.38 Å². The third-order valence-corrected chi connectivity index (χ3v) is 6.25. The van der Waals surface area contributed by atoms with Gasteiger partial charge in [-0.05, 0) is 55.0 Å². The van der Waals surface area contributed by atoms with E-state index in [2.05, 4.69) is 9.71 Å². The fourth-order valence-electron chi connectivity index (χ4n) is 3.28. The number of hydrogen-bond donors (Lipinski definition) is 1. The number of halogens is 3. The number of methoxy groups -OCH3 is 1. The Hall–Kier alpha value is -3.53. The number of rotatable bonds is 5. The van der Waals surface area contributed by atoms with Crippen molar-refractivity contribution < 1.29 is 26.3 Å². The van der Waals surface area contributed by atoms with Crippen molar-refractivity contribution in [3.63, 3.8) is 0 Å². The molecule has 166 valence electrons. The van der Waals surface area contributed by atoms with Crippen LogP contribution in [0.5, 0.6) is 5.75 Å². The number of sulfonamides is 1. The van der Waals surface area contributed by atoms with E-state index in [1.807, 2.05) is 29.7 Å². The first-order chi connectivity index (χ1) is 15.1. The minimum absolute atomic E-state index is 0.0798. The molecule has 0 saturated heterocycles. The quantitative estimate of drug-likeness (QED) is 0.447. The summed E-state index contributed by atoms with van der Waals surface area (Å²) < 4.78 is 74.1. The first-order valence-electron chi connectivity index (χ1n) is 9.41. The van der Waals surface area contributed by atoms with Crippen LogP contribution in [-0.2, 0) is 16.2 Å². The first kappa shape index (κ1) is 21.7. The molecule has 10 heteroatoms. The van der Waals surface area contributed by atoms with Crippen LogP contribution in [0.1, 0.15) is 11.1 Å². The van der Waals surface area contributed by atoms with Crippen LogP contribution in [0, 0.1) is 6.92 Å². The third kappa shape index (κ3) is 4.13. The molecule has 4 rings (SSSR count). The third-order valence-electron chi connectivity index (χ3n) is 4.89. The van der Waals surface area contributed by atoms with Gasteiger partial charge >= 0.3 is 6.18 Å². The lowest BCUT2D eigenvalue weighted by Crippen LogP contribution is -2.15.